The second-order valence-electron chi connectivity index (χ2n) is 4.37. The number of rotatable bonds is 6. The smallest absolute Gasteiger partial charge is 0.302 e. The lowest BCUT2D eigenvalue weighted by atomic mass is 10.2. The van der Waals surface area contributed by atoms with Gasteiger partial charge in [-0.25, -0.2) is 0 Å². The summed E-state index contributed by atoms with van der Waals surface area (Å²) in [4.78, 5) is 22.7. The average Bonchev–Trinajstić information content (AvgIpc) is 2.49. The Kier molecular flexibility index (Phi) is 8.07. The zero-order chi connectivity index (χ0) is 15.5. The van der Waals surface area contributed by atoms with E-state index < -0.39 is 0 Å². The number of carbonyl (C=O) groups excluding carboxylic acids is 2. The molecule has 0 unspecified atom stereocenters. The third-order valence-electron chi connectivity index (χ3n) is 2.59. The van der Waals surface area contributed by atoms with Crippen LogP contribution >= 0.6 is 11.8 Å². The molecule has 1 amide bonds. The van der Waals surface area contributed by atoms with E-state index in [9.17, 15) is 9.59 Å². The first-order valence-corrected chi connectivity index (χ1v) is 8.01. The number of amides is 1. The van der Waals surface area contributed by atoms with Crippen LogP contribution < -0.4 is 5.32 Å². The highest BCUT2D eigenvalue weighted by molar-refractivity contribution is 7.98. The fourth-order valence-electron chi connectivity index (χ4n) is 1.55. The van der Waals surface area contributed by atoms with Crippen molar-refractivity contribution in [3.8, 4) is 11.8 Å². The molecule has 0 aliphatic rings. The molecule has 1 rings (SSSR count). The molecular formula is C16H19NO3S. The third-order valence-corrected chi connectivity index (χ3v) is 3.23. The van der Waals surface area contributed by atoms with Crippen LogP contribution in [0.3, 0.4) is 0 Å². The van der Waals surface area contributed by atoms with Crippen molar-refractivity contribution in [2.75, 3.05) is 18.6 Å². The molecule has 0 spiro atoms. The topological polar surface area (TPSA) is 55.4 Å². The summed E-state index contributed by atoms with van der Waals surface area (Å²) in [6.07, 6.45) is 2.72. The van der Waals surface area contributed by atoms with Gasteiger partial charge >= 0.3 is 5.97 Å². The van der Waals surface area contributed by atoms with Gasteiger partial charge in [-0.05, 0) is 30.6 Å². The maximum Gasteiger partial charge on any atom is 0.302 e. The normalized spacial score (nSPS) is 11.0. The highest BCUT2D eigenvalue weighted by atomic mass is 32.2. The molecule has 4 nitrogen and oxygen atoms in total. The molecule has 0 saturated heterocycles. The summed E-state index contributed by atoms with van der Waals surface area (Å²) in [6, 6.07) is 9.09. The van der Waals surface area contributed by atoms with E-state index in [0.29, 0.717) is 0 Å². The molecule has 21 heavy (non-hydrogen) atoms. The van der Waals surface area contributed by atoms with E-state index in [1.807, 2.05) is 36.6 Å². The van der Waals surface area contributed by atoms with Crippen LogP contribution in [0.25, 0.3) is 0 Å². The van der Waals surface area contributed by atoms with Crippen LogP contribution in [0.1, 0.15) is 18.9 Å². The van der Waals surface area contributed by atoms with Crippen molar-refractivity contribution in [2.45, 2.75) is 19.4 Å². The van der Waals surface area contributed by atoms with E-state index in [1.54, 1.807) is 11.8 Å². The van der Waals surface area contributed by atoms with Crippen molar-refractivity contribution < 1.29 is 14.3 Å². The first kappa shape index (κ1) is 17.1. The van der Waals surface area contributed by atoms with Gasteiger partial charge in [0, 0.05) is 18.4 Å². The van der Waals surface area contributed by atoms with Crippen molar-refractivity contribution in [1.29, 1.82) is 0 Å². The zero-order valence-corrected chi connectivity index (χ0v) is 13.0. The second kappa shape index (κ2) is 9.89. The predicted octanol–water partition coefficient (Wildman–Crippen LogP) is 1.84. The second-order valence-corrected chi connectivity index (χ2v) is 5.36. The van der Waals surface area contributed by atoms with Crippen molar-refractivity contribution >= 4 is 23.6 Å². The molecular weight excluding hydrogens is 286 g/mol. The zero-order valence-electron chi connectivity index (χ0n) is 12.2. The summed E-state index contributed by atoms with van der Waals surface area (Å²) in [7, 11) is 0. The summed E-state index contributed by atoms with van der Waals surface area (Å²) >= 11 is 1.67. The lowest BCUT2D eigenvalue weighted by molar-refractivity contribution is -0.142. The van der Waals surface area contributed by atoms with Crippen molar-refractivity contribution in [3.05, 3.63) is 35.9 Å². The molecule has 0 aliphatic carbocycles. The number of benzene rings is 1. The summed E-state index contributed by atoms with van der Waals surface area (Å²) in [6.45, 7) is 1.53. The molecule has 0 bridgehead atoms. The number of carbonyl (C=O) groups is 2. The summed E-state index contributed by atoms with van der Waals surface area (Å²) < 4.78 is 4.95. The van der Waals surface area contributed by atoms with Crippen LogP contribution in [-0.4, -0.2) is 36.5 Å². The van der Waals surface area contributed by atoms with Gasteiger partial charge in [0.05, 0.1) is 6.04 Å². The molecule has 1 atom stereocenters. The summed E-state index contributed by atoms with van der Waals surface area (Å²) in [5.74, 6) is 5.50. The maximum absolute atomic E-state index is 11.8. The minimum atomic E-state index is -0.364. The van der Waals surface area contributed by atoms with Crippen LogP contribution in [0.4, 0.5) is 0 Å². The van der Waals surface area contributed by atoms with Gasteiger partial charge in [-0.15, -0.1) is 0 Å². The number of ether oxygens (including phenoxy) is 1. The Morgan fingerprint density at radius 1 is 1.33 bits per heavy atom. The van der Waals surface area contributed by atoms with E-state index in [2.05, 4.69) is 17.2 Å². The minimum Gasteiger partial charge on any atom is -0.464 e. The Hall–Kier alpha value is -1.93. The van der Waals surface area contributed by atoms with Crippen LogP contribution in [0, 0.1) is 11.8 Å². The number of nitrogens with one attached hydrogen (secondary N) is 1. The Labute approximate surface area is 129 Å². The lowest BCUT2D eigenvalue weighted by Gasteiger charge is -2.16. The Balaban J connectivity index is 2.54. The Morgan fingerprint density at radius 2 is 2.05 bits per heavy atom. The molecule has 0 heterocycles. The fraction of sp³-hybridized carbons (Fsp3) is 0.375. The summed E-state index contributed by atoms with van der Waals surface area (Å²) in [5, 5.41) is 2.77. The number of hydrogen-bond donors (Lipinski definition) is 1. The molecule has 0 aliphatic heterocycles. The minimum absolute atomic E-state index is 0.175. The van der Waals surface area contributed by atoms with Gasteiger partial charge in [-0.3, -0.25) is 9.59 Å². The van der Waals surface area contributed by atoms with Crippen LogP contribution in [0.2, 0.25) is 0 Å². The SMILES string of the molecule is CSCC[C@@H](COC(C)=O)NC(=O)C#Cc1ccccc1. The average molecular weight is 305 g/mol. The number of thioether (sulfide) groups is 1. The highest BCUT2D eigenvalue weighted by Gasteiger charge is 2.12. The molecule has 112 valence electrons. The molecule has 1 N–H and O–H groups in total. The molecule has 5 heteroatoms. The van der Waals surface area contributed by atoms with E-state index in [1.165, 1.54) is 6.92 Å². The van der Waals surface area contributed by atoms with Gasteiger partial charge in [-0.2, -0.15) is 11.8 Å². The Bertz CT molecular complexity index is 519. The molecule has 1 aromatic rings. The number of esters is 1. The molecule has 0 fully saturated rings. The monoisotopic (exact) mass is 305 g/mol. The van der Waals surface area contributed by atoms with Crippen molar-refractivity contribution in [3.63, 3.8) is 0 Å². The third kappa shape index (κ3) is 8.05. The lowest BCUT2D eigenvalue weighted by Crippen LogP contribution is -2.38. The van der Waals surface area contributed by atoms with E-state index in [-0.39, 0.29) is 24.5 Å². The predicted molar refractivity (Wildman–Crippen MR) is 84.9 cm³/mol. The van der Waals surface area contributed by atoms with Gasteiger partial charge in [-0.1, -0.05) is 24.1 Å². The van der Waals surface area contributed by atoms with Crippen LogP contribution in [0.5, 0.6) is 0 Å². The molecule has 0 aromatic heterocycles. The van der Waals surface area contributed by atoms with Gasteiger partial charge in [0.25, 0.3) is 5.91 Å². The Morgan fingerprint density at radius 3 is 2.67 bits per heavy atom. The molecule has 0 saturated carbocycles. The first-order valence-electron chi connectivity index (χ1n) is 6.61. The quantitative estimate of drug-likeness (QED) is 0.643. The van der Waals surface area contributed by atoms with Gasteiger partial charge in [0.15, 0.2) is 0 Å². The number of hydrogen-bond acceptors (Lipinski definition) is 4. The first-order chi connectivity index (χ1) is 10.1. The maximum atomic E-state index is 11.8. The van der Waals surface area contributed by atoms with Crippen LogP contribution in [-0.2, 0) is 14.3 Å². The van der Waals surface area contributed by atoms with Crippen molar-refractivity contribution in [2.24, 2.45) is 0 Å². The van der Waals surface area contributed by atoms with Gasteiger partial charge in [0.1, 0.15) is 6.61 Å². The molecule has 0 radical (unpaired) electrons. The van der Waals surface area contributed by atoms with Gasteiger partial charge < -0.3 is 10.1 Å². The highest BCUT2D eigenvalue weighted by Crippen LogP contribution is 2.02. The molecule has 1 aromatic carbocycles. The van der Waals surface area contributed by atoms with E-state index >= 15 is 0 Å². The van der Waals surface area contributed by atoms with Gasteiger partial charge in [0.2, 0.25) is 0 Å². The van der Waals surface area contributed by atoms with Crippen LogP contribution in [0.15, 0.2) is 30.3 Å². The largest absolute Gasteiger partial charge is 0.464 e. The van der Waals surface area contributed by atoms with E-state index in [0.717, 1.165) is 17.7 Å². The summed E-state index contributed by atoms with van der Waals surface area (Å²) in [5.41, 5.74) is 0.785. The van der Waals surface area contributed by atoms with Crippen molar-refractivity contribution in [1.82, 2.24) is 5.32 Å². The van der Waals surface area contributed by atoms with E-state index in [4.69, 9.17) is 4.74 Å². The fourth-order valence-corrected chi connectivity index (χ4v) is 2.07. The standard InChI is InChI=1S/C16H19NO3S/c1-13(18)20-12-15(10-11-21-2)17-16(19)9-8-14-6-4-3-5-7-14/h3-7,15H,10-12H2,1-2H3,(H,17,19)/t15-/m0/s1.